The highest BCUT2D eigenvalue weighted by molar-refractivity contribution is 5.93. The summed E-state index contributed by atoms with van der Waals surface area (Å²) in [6.07, 6.45) is 15.9. The molecule has 1 atom stereocenters. The van der Waals surface area contributed by atoms with Crippen LogP contribution in [0.3, 0.4) is 0 Å². The highest BCUT2D eigenvalue weighted by Crippen LogP contribution is 2.34. The van der Waals surface area contributed by atoms with Crippen molar-refractivity contribution in [1.29, 1.82) is 0 Å². The van der Waals surface area contributed by atoms with Gasteiger partial charge in [0.25, 0.3) is 0 Å². The van der Waals surface area contributed by atoms with E-state index in [0.29, 0.717) is 5.82 Å². The zero-order chi connectivity index (χ0) is 27.9. The fraction of sp³-hybridized carbons (Fsp3) is 0.105. The average Bonchev–Trinajstić information content (AvgIpc) is 3.07. The molecule has 4 nitrogen and oxygen atoms in total. The van der Waals surface area contributed by atoms with Crippen LogP contribution in [0.25, 0.3) is 56.1 Å². The molecule has 4 heteroatoms. The zero-order valence-electron chi connectivity index (χ0n) is 23.1. The summed E-state index contributed by atoms with van der Waals surface area (Å²) in [7, 11) is 0. The first-order valence-electron chi connectivity index (χ1n) is 14.6. The summed E-state index contributed by atoms with van der Waals surface area (Å²) < 4.78 is 0. The van der Waals surface area contributed by atoms with Crippen molar-refractivity contribution in [3.05, 3.63) is 144 Å². The second-order valence-corrected chi connectivity index (χ2v) is 11.0. The number of nitrogens with zero attached hydrogens (tertiary/aromatic N) is 4. The number of aromatic nitrogens is 4. The molecule has 4 aromatic carbocycles. The molecule has 2 aliphatic carbocycles. The van der Waals surface area contributed by atoms with Crippen molar-refractivity contribution in [2.24, 2.45) is 0 Å². The minimum absolute atomic E-state index is 0.0539. The van der Waals surface area contributed by atoms with E-state index in [2.05, 4.69) is 120 Å². The Morgan fingerprint density at radius 2 is 1.48 bits per heavy atom. The lowest BCUT2D eigenvalue weighted by molar-refractivity contribution is 0.766. The van der Waals surface area contributed by atoms with E-state index in [9.17, 15) is 0 Å². The van der Waals surface area contributed by atoms with E-state index in [1.54, 1.807) is 0 Å². The summed E-state index contributed by atoms with van der Waals surface area (Å²) in [6.45, 7) is 0. The lowest BCUT2D eigenvalue weighted by Crippen LogP contribution is -2.09. The number of rotatable bonds is 4. The van der Waals surface area contributed by atoms with Crippen LogP contribution in [0.5, 0.6) is 0 Å². The highest BCUT2D eigenvalue weighted by Gasteiger charge is 2.20. The van der Waals surface area contributed by atoms with Gasteiger partial charge in [-0.2, -0.15) is 0 Å². The maximum atomic E-state index is 5.08. The van der Waals surface area contributed by atoms with Crippen LogP contribution in [-0.4, -0.2) is 19.9 Å². The molecular formula is C38H28N4. The van der Waals surface area contributed by atoms with E-state index < -0.39 is 0 Å². The Balaban J connectivity index is 1.20. The monoisotopic (exact) mass is 540 g/mol. The summed E-state index contributed by atoms with van der Waals surface area (Å²) in [6, 6.07) is 31.9. The summed E-state index contributed by atoms with van der Waals surface area (Å²) in [5.41, 5.74) is 8.02. The number of allylic oxidation sites excluding steroid dienone is 5. The molecule has 0 radical (unpaired) electrons. The fourth-order valence-corrected chi connectivity index (χ4v) is 6.07. The quantitative estimate of drug-likeness (QED) is 0.224. The Morgan fingerprint density at radius 1 is 0.667 bits per heavy atom. The molecule has 0 saturated carbocycles. The molecule has 200 valence electrons. The summed E-state index contributed by atoms with van der Waals surface area (Å²) in [5, 5.41) is 3.52. The van der Waals surface area contributed by atoms with Crippen molar-refractivity contribution in [1.82, 2.24) is 19.9 Å². The summed E-state index contributed by atoms with van der Waals surface area (Å²) >= 11 is 0. The topological polar surface area (TPSA) is 51.6 Å². The maximum Gasteiger partial charge on any atom is 0.163 e. The second-order valence-electron chi connectivity index (χ2n) is 11.0. The lowest BCUT2D eigenvalue weighted by atomic mass is 9.91. The molecule has 42 heavy (non-hydrogen) atoms. The molecule has 0 spiro atoms. The fourth-order valence-electron chi connectivity index (χ4n) is 6.07. The average molecular weight is 541 g/mol. The van der Waals surface area contributed by atoms with Gasteiger partial charge in [0, 0.05) is 34.2 Å². The first kappa shape index (κ1) is 24.6. The van der Waals surface area contributed by atoms with E-state index in [-0.39, 0.29) is 5.92 Å². The van der Waals surface area contributed by atoms with Crippen LogP contribution in [-0.2, 0) is 6.42 Å². The molecule has 1 unspecified atom stereocenters. The SMILES string of the molecule is C1=Cc2ccc(-c3nc(-c4ccc5ccccc5c4)nc(C4C=CC(c5cccc6cccnc56)=CC4)n3)cc2CC1. The Labute approximate surface area is 244 Å². The Bertz CT molecular complexity index is 2080. The predicted molar refractivity (Wildman–Crippen MR) is 172 cm³/mol. The van der Waals surface area contributed by atoms with Crippen LogP contribution in [0.15, 0.2) is 121 Å². The highest BCUT2D eigenvalue weighted by atomic mass is 15.0. The Kier molecular flexibility index (Phi) is 6.03. The van der Waals surface area contributed by atoms with Gasteiger partial charge in [-0.15, -0.1) is 0 Å². The van der Waals surface area contributed by atoms with E-state index in [4.69, 9.17) is 15.0 Å². The molecule has 2 aliphatic rings. The van der Waals surface area contributed by atoms with Crippen molar-refractivity contribution in [3.63, 3.8) is 0 Å². The van der Waals surface area contributed by atoms with Gasteiger partial charge in [-0.3, -0.25) is 4.98 Å². The number of pyridine rings is 1. The molecule has 0 N–H and O–H groups in total. The number of hydrogen-bond acceptors (Lipinski definition) is 4. The van der Waals surface area contributed by atoms with Gasteiger partial charge in [-0.1, -0.05) is 103 Å². The van der Waals surface area contributed by atoms with Crippen molar-refractivity contribution < 1.29 is 0 Å². The molecule has 8 rings (SSSR count). The molecule has 0 aliphatic heterocycles. The molecule has 0 bridgehead atoms. The number of fused-ring (bicyclic) bond motifs is 3. The van der Waals surface area contributed by atoms with Gasteiger partial charge in [0.2, 0.25) is 0 Å². The van der Waals surface area contributed by atoms with Gasteiger partial charge in [-0.25, -0.2) is 15.0 Å². The van der Waals surface area contributed by atoms with Gasteiger partial charge in [-0.05, 0) is 64.9 Å². The van der Waals surface area contributed by atoms with Crippen molar-refractivity contribution >= 4 is 33.3 Å². The number of hydrogen-bond donors (Lipinski definition) is 0. The second kappa shape index (κ2) is 10.3. The zero-order valence-corrected chi connectivity index (χ0v) is 23.1. The lowest BCUT2D eigenvalue weighted by Gasteiger charge is -2.18. The molecule has 6 aromatic rings. The predicted octanol–water partition coefficient (Wildman–Crippen LogP) is 8.99. The molecular weight excluding hydrogens is 512 g/mol. The largest absolute Gasteiger partial charge is 0.256 e. The van der Waals surface area contributed by atoms with Crippen LogP contribution >= 0.6 is 0 Å². The first-order valence-corrected chi connectivity index (χ1v) is 14.6. The van der Waals surface area contributed by atoms with Crippen molar-refractivity contribution in [2.75, 3.05) is 0 Å². The molecule has 0 saturated heterocycles. The Morgan fingerprint density at radius 3 is 2.36 bits per heavy atom. The van der Waals surface area contributed by atoms with Gasteiger partial charge < -0.3 is 0 Å². The smallest absolute Gasteiger partial charge is 0.163 e. The van der Waals surface area contributed by atoms with Crippen LogP contribution in [0.4, 0.5) is 0 Å². The van der Waals surface area contributed by atoms with Gasteiger partial charge in [0.05, 0.1) is 5.52 Å². The first-order chi connectivity index (χ1) is 20.8. The van der Waals surface area contributed by atoms with Gasteiger partial charge in [0.1, 0.15) is 5.82 Å². The molecule has 0 amide bonds. The molecule has 0 fully saturated rings. The van der Waals surface area contributed by atoms with E-state index >= 15 is 0 Å². The van der Waals surface area contributed by atoms with Crippen molar-refractivity contribution in [2.45, 2.75) is 25.2 Å². The van der Waals surface area contributed by atoms with E-state index in [1.807, 2.05) is 12.3 Å². The Hall–Kier alpha value is -5.22. The minimum atomic E-state index is 0.0539. The van der Waals surface area contributed by atoms with Crippen LogP contribution < -0.4 is 0 Å². The number of aryl methyl sites for hydroxylation is 1. The third-order valence-electron chi connectivity index (χ3n) is 8.31. The minimum Gasteiger partial charge on any atom is -0.256 e. The van der Waals surface area contributed by atoms with Crippen molar-refractivity contribution in [3.8, 4) is 22.8 Å². The third kappa shape index (κ3) is 4.51. The van der Waals surface area contributed by atoms with Gasteiger partial charge in [0.15, 0.2) is 11.6 Å². The van der Waals surface area contributed by atoms with Crippen LogP contribution in [0.1, 0.15) is 41.3 Å². The third-order valence-corrected chi connectivity index (χ3v) is 8.31. The molecule has 2 heterocycles. The normalized spacial score (nSPS) is 16.0. The standard InChI is InChI=1S/C38H28N4/c1-3-9-30-23-32(20-14-25(30)7-1)37-40-36(41-38(42-37)33-21-15-26-8-2-4-10-31(26)24-33)29-18-16-27(17-19-29)34-13-5-11-28-12-6-22-39-35(28)34/h1-3,5-9,11-18,20-24,29H,4,10,19H2. The summed E-state index contributed by atoms with van der Waals surface area (Å²) in [5.74, 6) is 2.28. The van der Waals surface area contributed by atoms with E-state index in [1.165, 1.54) is 27.5 Å². The number of para-hydroxylation sites is 1. The van der Waals surface area contributed by atoms with Crippen LogP contribution in [0.2, 0.25) is 0 Å². The number of benzene rings is 4. The maximum absolute atomic E-state index is 5.08. The van der Waals surface area contributed by atoms with Gasteiger partial charge >= 0.3 is 0 Å². The van der Waals surface area contributed by atoms with Crippen LogP contribution in [0, 0.1) is 0 Å². The molecule has 2 aromatic heterocycles. The summed E-state index contributed by atoms with van der Waals surface area (Å²) in [4.78, 5) is 19.8. The van der Waals surface area contributed by atoms with E-state index in [0.717, 1.165) is 58.5 Å².